The summed E-state index contributed by atoms with van der Waals surface area (Å²) >= 11 is 0. The minimum Gasteiger partial charge on any atom is -0.377 e. The Morgan fingerprint density at radius 2 is 1.83 bits per heavy atom. The number of halogens is 1. The van der Waals surface area contributed by atoms with Crippen LogP contribution in [0.1, 0.15) is 32.1 Å². The normalized spacial score (nSPS) is 24.1. The van der Waals surface area contributed by atoms with E-state index < -0.39 is 15.8 Å². The number of hydrogen-bond acceptors (Lipinski definition) is 4. The van der Waals surface area contributed by atoms with Crippen molar-refractivity contribution in [2.24, 2.45) is 0 Å². The molecule has 0 amide bonds. The Morgan fingerprint density at radius 1 is 1.12 bits per heavy atom. The highest BCUT2D eigenvalue weighted by Gasteiger charge is 2.26. The van der Waals surface area contributed by atoms with Crippen molar-refractivity contribution < 1.29 is 17.5 Å². The summed E-state index contributed by atoms with van der Waals surface area (Å²) in [7, 11) is -3.58. The number of piperidine rings is 1. The monoisotopic (exact) mass is 356 g/mol. The molecule has 24 heavy (non-hydrogen) atoms. The Bertz CT molecular complexity index is 622. The zero-order valence-electron chi connectivity index (χ0n) is 13.8. The standard InChI is InChI=1S/C17H25FN2O3S/c18-14-4-6-17(7-5-14)24(21,22)19-15-8-10-20(11-9-15)13-16-3-1-2-12-23-16/h4-7,15-16,19H,1-3,8-13H2. The van der Waals surface area contributed by atoms with Crippen molar-refractivity contribution in [3.8, 4) is 0 Å². The van der Waals surface area contributed by atoms with Gasteiger partial charge in [0, 0.05) is 19.2 Å². The summed E-state index contributed by atoms with van der Waals surface area (Å²) in [5.74, 6) is -0.438. The van der Waals surface area contributed by atoms with Crippen LogP contribution in [0.15, 0.2) is 29.2 Å². The van der Waals surface area contributed by atoms with E-state index in [2.05, 4.69) is 9.62 Å². The van der Waals surface area contributed by atoms with Crippen molar-refractivity contribution in [3.63, 3.8) is 0 Å². The van der Waals surface area contributed by atoms with Crippen LogP contribution in [0.5, 0.6) is 0 Å². The number of rotatable bonds is 5. The smallest absolute Gasteiger partial charge is 0.240 e. The van der Waals surface area contributed by atoms with E-state index in [0.29, 0.717) is 6.10 Å². The molecule has 1 N–H and O–H groups in total. The number of likely N-dealkylation sites (tertiary alicyclic amines) is 1. The van der Waals surface area contributed by atoms with E-state index in [4.69, 9.17) is 4.74 Å². The van der Waals surface area contributed by atoms with Crippen LogP contribution < -0.4 is 4.72 Å². The maximum Gasteiger partial charge on any atom is 0.240 e. The number of benzene rings is 1. The summed E-state index contributed by atoms with van der Waals surface area (Å²) in [6.07, 6.45) is 5.41. The highest BCUT2D eigenvalue weighted by atomic mass is 32.2. The Balaban J connectivity index is 1.48. The van der Waals surface area contributed by atoms with Crippen molar-refractivity contribution in [1.82, 2.24) is 9.62 Å². The van der Waals surface area contributed by atoms with Crippen LogP contribution in [0.4, 0.5) is 4.39 Å². The first-order chi connectivity index (χ1) is 11.5. The summed E-state index contributed by atoms with van der Waals surface area (Å²) in [5.41, 5.74) is 0. The molecule has 0 bridgehead atoms. The van der Waals surface area contributed by atoms with Crippen LogP contribution in [-0.2, 0) is 14.8 Å². The fourth-order valence-corrected chi connectivity index (χ4v) is 4.68. The SMILES string of the molecule is O=S(=O)(NC1CCN(CC2CCCCO2)CC1)c1ccc(F)cc1. The Kier molecular flexibility index (Phi) is 5.86. The second-order valence-corrected chi connectivity index (χ2v) is 8.35. The second-order valence-electron chi connectivity index (χ2n) is 6.64. The average Bonchev–Trinajstić information content (AvgIpc) is 2.58. The van der Waals surface area contributed by atoms with Crippen LogP contribution in [-0.4, -0.2) is 51.7 Å². The van der Waals surface area contributed by atoms with Gasteiger partial charge in [0.2, 0.25) is 10.0 Å². The molecule has 3 rings (SSSR count). The lowest BCUT2D eigenvalue weighted by Gasteiger charge is -2.35. The number of nitrogens with one attached hydrogen (secondary N) is 1. The van der Waals surface area contributed by atoms with Gasteiger partial charge in [0.15, 0.2) is 0 Å². The number of sulfonamides is 1. The summed E-state index contributed by atoms with van der Waals surface area (Å²) in [4.78, 5) is 2.47. The van der Waals surface area contributed by atoms with E-state index in [1.165, 1.54) is 30.7 Å². The summed E-state index contributed by atoms with van der Waals surface area (Å²) in [5, 5.41) is 0. The fourth-order valence-electron chi connectivity index (χ4n) is 3.37. The quantitative estimate of drug-likeness (QED) is 0.878. The molecule has 134 valence electrons. The molecule has 0 aromatic heterocycles. The lowest BCUT2D eigenvalue weighted by atomic mass is 10.0. The molecule has 2 aliphatic heterocycles. The lowest BCUT2D eigenvalue weighted by Crippen LogP contribution is -2.47. The van der Waals surface area contributed by atoms with Crippen molar-refractivity contribution >= 4 is 10.0 Å². The van der Waals surface area contributed by atoms with E-state index in [-0.39, 0.29) is 10.9 Å². The second kappa shape index (κ2) is 7.91. The molecule has 0 spiro atoms. The summed E-state index contributed by atoms with van der Waals surface area (Å²) in [6.45, 7) is 3.54. The topological polar surface area (TPSA) is 58.6 Å². The van der Waals surface area contributed by atoms with Crippen LogP contribution in [0, 0.1) is 5.82 Å². The third-order valence-corrected chi connectivity index (χ3v) is 6.31. The Hall–Kier alpha value is -1.02. The molecule has 1 unspecified atom stereocenters. The number of nitrogens with zero attached hydrogens (tertiary/aromatic N) is 1. The minimum atomic E-state index is -3.58. The molecule has 1 aromatic rings. The van der Waals surface area contributed by atoms with Gasteiger partial charge in [-0.15, -0.1) is 0 Å². The van der Waals surface area contributed by atoms with Crippen LogP contribution in [0.2, 0.25) is 0 Å². The molecule has 0 aliphatic carbocycles. The predicted octanol–water partition coefficient (Wildman–Crippen LogP) is 2.14. The van der Waals surface area contributed by atoms with Gasteiger partial charge in [0.1, 0.15) is 5.82 Å². The molecule has 2 aliphatic rings. The minimum absolute atomic E-state index is 0.0661. The van der Waals surface area contributed by atoms with Gasteiger partial charge < -0.3 is 9.64 Å². The fraction of sp³-hybridized carbons (Fsp3) is 0.647. The molecule has 1 atom stereocenters. The van der Waals surface area contributed by atoms with Gasteiger partial charge in [-0.25, -0.2) is 17.5 Å². The Morgan fingerprint density at radius 3 is 2.46 bits per heavy atom. The molecule has 0 saturated carbocycles. The van der Waals surface area contributed by atoms with E-state index in [0.717, 1.165) is 51.9 Å². The van der Waals surface area contributed by atoms with Crippen LogP contribution >= 0.6 is 0 Å². The first-order valence-electron chi connectivity index (χ1n) is 8.65. The van der Waals surface area contributed by atoms with E-state index in [1.54, 1.807) is 0 Å². The third kappa shape index (κ3) is 4.75. The van der Waals surface area contributed by atoms with Crippen molar-refractivity contribution in [2.45, 2.75) is 49.1 Å². The molecule has 0 radical (unpaired) electrons. The van der Waals surface area contributed by atoms with Gasteiger partial charge in [0.05, 0.1) is 11.0 Å². The largest absolute Gasteiger partial charge is 0.377 e. The summed E-state index contributed by atoms with van der Waals surface area (Å²) < 4.78 is 46.1. The van der Waals surface area contributed by atoms with E-state index in [9.17, 15) is 12.8 Å². The molecule has 2 saturated heterocycles. The molecular weight excluding hydrogens is 331 g/mol. The van der Waals surface area contributed by atoms with Crippen molar-refractivity contribution in [2.75, 3.05) is 26.2 Å². The molecule has 5 nitrogen and oxygen atoms in total. The first kappa shape index (κ1) is 17.8. The van der Waals surface area contributed by atoms with Crippen LogP contribution in [0.25, 0.3) is 0 Å². The van der Waals surface area contributed by atoms with Gasteiger partial charge >= 0.3 is 0 Å². The lowest BCUT2D eigenvalue weighted by molar-refractivity contribution is -0.00963. The van der Waals surface area contributed by atoms with Gasteiger partial charge in [-0.3, -0.25) is 0 Å². The summed E-state index contributed by atoms with van der Waals surface area (Å²) in [6, 6.07) is 4.87. The van der Waals surface area contributed by atoms with Crippen LogP contribution in [0.3, 0.4) is 0 Å². The van der Waals surface area contributed by atoms with Gasteiger partial charge in [0.25, 0.3) is 0 Å². The predicted molar refractivity (Wildman–Crippen MR) is 89.8 cm³/mol. The van der Waals surface area contributed by atoms with Crippen molar-refractivity contribution in [3.05, 3.63) is 30.1 Å². The maximum atomic E-state index is 12.9. The van der Waals surface area contributed by atoms with Gasteiger partial charge in [-0.05, 0) is 69.5 Å². The first-order valence-corrected chi connectivity index (χ1v) is 10.1. The van der Waals surface area contributed by atoms with E-state index in [1.807, 2.05) is 0 Å². The average molecular weight is 356 g/mol. The van der Waals surface area contributed by atoms with E-state index >= 15 is 0 Å². The van der Waals surface area contributed by atoms with Gasteiger partial charge in [-0.1, -0.05) is 0 Å². The van der Waals surface area contributed by atoms with Gasteiger partial charge in [-0.2, -0.15) is 0 Å². The molecule has 2 heterocycles. The highest BCUT2D eigenvalue weighted by molar-refractivity contribution is 7.89. The maximum absolute atomic E-state index is 12.9. The molecule has 1 aromatic carbocycles. The molecule has 7 heteroatoms. The molecular formula is C17H25FN2O3S. The third-order valence-electron chi connectivity index (χ3n) is 4.77. The highest BCUT2D eigenvalue weighted by Crippen LogP contribution is 2.18. The zero-order chi connectivity index (χ0) is 17.0. The molecule has 2 fully saturated rings. The van der Waals surface area contributed by atoms with Crippen molar-refractivity contribution in [1.29, 1.82) is 0 Å². The number of ether oxygens (including phenoxy) is 1. The Labute approximate surface area is 143 Å². The number of hydrogen-bond donors (Lipinski definition) is 1. The zero-order valence-corrected chi connectivity index (χ0v) is 14.6.